The molecule has 22 heavy (non-hydrogen) atoms. The number of ether oxygens (including phenoxy) is 1. The summed E-state index contributed by atoms with van der Waals surface area (Å²) in [5, 5.41) is 6.54. The summed E-state index contributed by atoms with van der Waals surface area (Å²) in [6, 6.07) is 0.468. The fraction of sp³-hybridized carbons (Fsp3) is 0.688. The molecule has 2 atom stereocenters. The lowest BCUT2D eigenvalue weighted by atomic mass is 10.0. The van der Waals surface area contributed by atoms with Crippen LogP contribution in [0.4, 0.5) is 0 Å². The molecule has 1 saturated heterocycles. The van der Waals surface area contributed by atoms with Gasteiger partial charge in [0.05, 0.1) is 6.61 Å². The molecule has 2 heterocycles. The minimum absolute atomic E-state index is 0.121. The highest BCUT2D eigenvalue weighted by atomic mass is 16.5. The molecule has 2 rings (SSSR count). The summed E-state index contributed by atoms with van der Waals surface area (Å²) in [5.74, 6) is 0.819. The van der Waals surface area contributed by atoms with Gasteiger partial charge in [-0.2, -0.15) is 4.98 Å². The average molecular weight is 306 g/mol. The van der Waals surface area contributed by atoms with Gasteiger partial charge in [0.2, 0.25) is 5.88 Å². The SMILES string of the molecule is CCCOc1nc(C)ncc1C(=O)NC(CC)C1CCCN1. The van der Waals surface area contributed by atoms with Gasteiger partial charge in [-0.3, -0.25) is 4.79 Å². The number of rotatable bonds is 7. The zero-order valence-electron chi connectivity index (χ0n) is 13.7. The Hall–Kier alpha value is -1.69. The summed E-state index contributed by atoms with van der Waals surface area (Å²) in [4.78, 5) is 21.0. The van der Waals surface area contributed by atoms with Gasteiger partial charge < -0.3 is 15.4 Å². The van der Waals surface area contributed by atoms with Crippen molar-refractivity contribution in [2.75, 3.05) is 13.2 Å². The Kier molecular flexibility index (Phi) is 6.12. The van der Waals surface area contributed by atoms with Gasteiger partial charge in [-0.05, 0) is 39.2 Å². The van der Waals surface area contributed by atoms with E-state index in [1.54, 1.807) is 13.1 Å². The van der Waals surface area contributed by atoms with E-state index in [0.717, 1.165) is 32.2 Å². The minimum Gasteiger partial charge on any atom is -0.477 e. The van der Waals surface area contributed by atoms with Gasteiger partial charge in [0, 0.05) is 18.3 Å². The van der Waals surface area contributed by atoms with Gasteiger partial charge in [-0.25, -0.2) is 4.98 Å². The van der Waals surface area contributed by atoms with Crippen molar-refractivity contribution in [1.82, 2.24) is 20.6 Å². The summed E-state index contributed by atoms with van der Waals surface area (Å²) in [6.45, 7) is 7.46. The van der Waals surface area contributed by atoms with Crippen LogP contribution in [0.25, 0.3) is 0 Å². The molecule has 0 bridgehead atoms. The van der Waals surface area contributed by atoms with Crippen molar-refractivity contribution in [2.24, 2.45) is 0 Å². The van der Waals surface area contributed by atoms with Crippen molar-refractivity contribution in [1.29, 1.82) is 0 Å². The van der Waals surface area contributed by atoms with Gasteiger partial charge in [-0.15, -0.1) is 0 Å². The van der Waals surface area contributed by atoms with E-state index in [0.29, 0.717) is 29.9 Å². The van der Waals surface area contributed by atoms with E-state index < -0.39 is 0 Å². The first-order valence-electron chi connectivity index (χ1n) is 8.16. The smallest absolute Gasteiger partial charge is 0.258 e. The number of nitrogens with zero attached hydrogens (tertiary/aromatic N) is 2. The molecule has 1 fully saturated rings. The maximum Gasteiger partial charge on any atom is 0.258 e. The number of hydrogen-bond donors (Lipinski definition) is 2. The van der Waals surface area contributed by atoms with Crippen LogP contribution in [0.5, 0.6) is 5.88 Å². The molecule has 0 saturated carbocycles. The number of nitrogens with one attached hydrogen (secondary N) is 2. The molecule has 1 amide bonds. The van der Waals surface area contributed by atoms with Crippen LogP contribution in [0.2, 0.25) is 0 Å². The van der Waals surface area contributed by atoms with E-state index in [9.17, 15) is 4.79 Å². The molecule has 0 spiro atoms. The third-order valence-corrected chi connectivity index (χ3v) is 3.90. The molecule has 122 valence electrons. The predicted molar refractivity (Wildman–Crippen MR) is 85.1 cm³/mol. The maximum absolute atomic E-state index is 12.6. The molecule has 1 aromatic heterocycles. The number of carbonyl (C=O) groups is 1. The number of hydrogen-bond acceptors (Lipinski definition) is 5. The maximum atomic E-state index is 12.6. The van der Waals surface area contributed by atoms with E-state index in [1.807, 2.05) is 6.92 Å². The molecule has 2 unspecified atom stereocenters. The second kappa shape index (κ2) is 8.08. The summed E-state index contributed by atoms with van der Waals surface area (Å²) in [6.07, 6.45) is 5.57. The van der Waals surface area contributed by atoms with Crippen molar-refractivity contribution < 1.29 is 9.53 Å². The molecular weight excluding hydrogens is 280 g/mol. The highest BCUT2D eigenvalue weighted by molar-refractivity contribution is 5.96. The summed E-state index contributed by atoms with van der Waals surface area (Å²) >= 11 is 0. The Morgan fingerprint density at radius 1 is 1.55 bits per heavy atom. The Balaban J connectivity index is 2.10. The van der Waals surface area contributed by atoms with E-state index in [-0.39, 0.29) is 11.9 Å². The lowest BCUT2D eigenvalue weighted by Gasteiger charge is -2.24. The molecule has 1 aromatic rings. The molecule has 0 radical (unpaired) electrons. The van der Waals surface area contributed by atoms with E-state index in [4.69, 9.17) is 4.74 Å². The minimum atomic E-state index is -0.161. The molecule has 0 aliphatic carbocycles. The van der Waals surface area contributed by atoms with Crippen molar-refractivity contribution in [3.63, 3.8) is 0 Å². The first-order valence-corrected chi connectivity index (χ1v) is 8.16. The van der Waals surface area contributed by atoms with Crippen molar-refractivity contribution in [3.05, 3.63) is 17.6 Å². The van der Waals surface area contributed by atoms with Gasteiger partial charge in [-0.1, -0.05) is 13.8 Å². The van der Waals surface area contributed by atoms with Crippen molar-refractivity contribution >= 4 is 5.91 Å². The molecule has 6 nitrogen and oxygen atoms in total. The zero-order chi connectivity index (χ0) is 15.9. The highest BCUT2D eigenvalue weighted by Crippen LogP contribution is 2.17. The molecule has 0 aromatic carbocycles. The Labute approximate surface area is 132 Å². The third kappa shape index (κ3) is 4.16. The Morgan fingerprint density at radius 3 is 3.00 bits per heavy atom. The Morgan fingerprint density at radius 2 is 2.36 bits per heavy atom. The normalized spacial score (nSPS) is 19.0. The van der Waals surface area contributed by atoms with Gasteiger partial charge in [0.25, 0.3) is 5.91 Å². The van der Waals surface area contributed by atoms with Crippen LogP contribution < -0.4 is 15.4 Å². The van der Waals surface area contributed by atoms with E-state index in [1.165, 1.54) is 0 Å². The van der Waals surface area contributed by atoms with Crippen LogP contribution in [0.3, 0.4) is 0 Å². The monoisotopic (exact) mass is 306 g/mol. The first-order chi connectivity index (χ1) is 10.7. The largest absolute Gasteiger partial charge is 0.477 e. The number of aryl methyl sites for hydroxylation is 1. The molecule has 1 aliphatic heterocycles. The average Bonchev–Trinajstić information content (AvgIpc) is 3.04. The molecular formula is C16H26N4O2. The molecule has 2 N–H and O–H groups in total. The fourth-order valence-electron chi connectivity index (χ4n) is 2.70. The zero-order valence-corrected chi connectivity index (χ0v) is 13.7. The van der Waals surface area contributed by atoms with Crippen molar-refractivity contribution in [2.45, 2.75) is 58.5 Å². The third-order valence-electron chi connectivity index (χ3n) is 3.90. The van der Waals surface area contributed by atoms with E-state index >= 15 is 0 Å². The number of carbonyl (C=O) groups excluding carboxylic acids is 1. The quantitative estimate of drug-likeness (QED) is 0.804. The second-order valence-corrected chi connectivity index (χ2v) is 5.68. The first kappa shape index (κ1) is 16.7. The van der Waals surface area contributed by atoms with Gasteiger partial charge in [0.15, 0.2) is 0 Å². The van der Waals surface area contributed by atoms with Crippen LogP contribution in [0.15, 0.2) is 6.20 Å². The lowest BCUT2D eigenvalue weighted by Crippen LogP contribution is -2.47. The van der Waals surface area contributed by atoms with Crippen molar-refractivity contribution in [3.8, 4) is 5.88 Å². The summed E-state index contributed by atoms with van der Waals surface area (Å²) < 4.78 is 5.60. The highest BCUT2D eigenvalue weighted by Gasteiger charge is 2.26. The summed E-state index contributed by atoms with van der Waals surface area (Å²) in [7, 11) is 0. The Bertz CT molecular complexity index is 501. The number of amides is 1. The second-order valence-electron chi connectivity index (χ2n) is 5.68. The molecule has 6 heteroatoms. The standard InChI is InChI=1S/C16H26N4O2/c1-4-9-22-16-12(10-18-11(3)19-16)15(21)20-13(5-2)14-7-6-8-17-14/h10,13-14,17H,4-9H2,1-3H3,(H,20,21). The number of aromatic nitrogens is 2. The van der Waals surface area contributed by atoms with Crippen LogP contribution in [0.1, 0.15) is 55.7 Å². The lowest BCUT2D eigenvalue weighted by molar-refractivity contribution is 0.0922. The predicted octanol–water partition coefficient (Wildman–Crippen LogP) is 1.83. The summed E-state index contributed by atoms with van der Waals surface area (Å²) in [5.41, 5.74) is 0.412. The fourth-order valence-corrected chi connectivity index (χ4v) is 2.70. The van der Waals surface area contributed by atoms with Crippen LogP contribution in [-0.2, 0) is 0 Å². The topological polar surface area (TPSA) is 76.1 Å². The van der Waals surface area contributed by atoms with Gasteiger partial charge >= 0.3 is 0 Å². The van der Waals surface area contributed by atoms with Crippen LogP contribution in [0, 0.1) is 6.92 Å². The van der Waals surface area contributed by atoms with Crippen LogP contribution in [-0.4, -0.2) is 41.1 Å². The van der Waals surface area contributed by atoms with E-state index in [2.05, 4.69) is 27.5 Å². The van der Waals surface area contributed by atoms with Crippen LogP contribution >= 0.6 is 0 Å². The molecule has 1 aliphatic rings. The van der Waals surface area contributed by atoms with Gasteiger partial charge in [0.1, 0.15) is 11.4 Å².